The van der Waals surface area contributed by atoms with Crippen LogP contribution in [-0.4, -0.2) is 69.0 Å². The maximum absolute atomic E-state index is 12.5. The molecule has 3 aromatic rings. The lowest BCUT2D eigenvalue weighted by atomic mass is 10.2. The molecular formula is C20H28N6O4. The molecule has 0 spiro atoms. The predicted octanol–water partition coefficient (Wildman–Crippen LogP) is 0.145. The smallest absolute Gasteiger partial charge is 0.329 e. The molecule has 0 saturated heterocycles. The number of nitrogens with zero attached hydrogens (tertiary/aromatic N) is 4. The van der Waals surface area contributed by atoms with Gasteiger partial charge in [-0.15, -0.1) is 0 Å². The van der Waals surface area contributed by atoms with Gasteiger partial charge >= 0.3 is 5.69 Å². The van der Waals surface area contributed by atoms with Crippen molar-refractivity contribution in [2.24, 2.45) is 7.05 Å². The van der Waals surface area contributed by atoms with Gasteiger partial charge in [0.1, 0.15) is 18.5 Å². The number of hydrogen-bond donors (Lipinski definition) is 3. The minimum Gasteiger partial charge on any atom is -0.491 e. The van der Waals surface area contributed by atoms with Gasteiger partial charge in [0.15, 0.2) is 11.2 Å². The molecule has 2 heterocycles. The average molecular weight is 416 g/mol. The van der Waals surface area contributed by atoms with E-state index in [4.69, 9.17) is 4.74 Å². The second-order valence-electron chi connectivity index (χ2n) is 7.50. The van der Waals surface area contributed by atoms with Crippen LogP contribution in [0, 0.1) is 6.92 Å². The number of para-hydroxylation sites is 1. The zero-order chi connectivity index (χ0) is 21.8. The summed E-state index contributed by atoms with van der Waals surface area (Å²) in [6.07, 6.45) is -0.895. The Labute approximate surface area is 173 Å². The number of ether oxygens (including phenoxy) is 1. The van der Waals surface area contributed by atoms with Crippen molar-refractivity contribution in [3.05, 3.63) is 50.7 Å². The van der Waals surface area contributed by atoms with Gasteiger partial charge in [-0.3, -0.25) is 14.3 Å². The highest BCUT2D eigenvalue weighted by atomic mass is 16.5. The number of aliphatic hydroxyl groups excluding tert-OH is 1. The molecular weight excluding hydrogens is 388 g/mol. The molecule has 0 radical (unpaired) electrons. The predicted molar refractivity (Wildman–Crippen MR) is 115 cm³/mol. The number of aryl methyl sites for hydroxylation is 2. The summed E-state index contributed by atoms with van der Waals surface area (Å²) in [5.74, 6) is 1.10. The number of aromatic nitrogens is 4. The number of benzene rings is 1. The number of aromatic amines is 1. The molecule has 0 aliphatic rings. The van der Waals surface area contributed by atoms with Gasteiger partial charge in [-0.1, -0.05) is 18.2 Å². The summed E-state index contributed by atoms with van der Waals surface area (Å²) < 4.78 is 8.60. The van der Waals surface area contributed by atoms with E-state index in [1.807, 2.05) is 50.2 Å². The Bertz CT molecular complexity index is 1130. The Balaban J connectivity index is 1.88. The summed E-state index contributed by atoms with van der Waals surface area (Å²) in [4.78, 5) is 33.2. The summed E-state index contributed by atoms with van der Waals surface area (Å²) >= 11 is 0. The topological polar surface area (TPSA) is 117 Å². The highest BCUT2D eigenvalue weighted by Crippen LogP contribution is 2.18. The molecule has 1 atom stereocenters. The van der Waals surface area contributed by atoms with Gasteiger partial charge in [-0.2, -0.15) is 4.98 Å². The minimum absolute atomic E-state index is 0.0470. The number of fused-ring (bicyclic) bond motifs is 1. The van der Waals surface area contributed by atoms with Crippen molar-refractivity contribution in [2.45, 2.75) is 19.6 Å². The van der Waals surface area contributed by atoms with Crippen molar-refractivity contribution < 1.29 is 9.84 Å². The van der Waals surface area contributed by atoms with Crippen LogP contribution in [-0.2, 0) is 13.6 Å². The van der Waals surface area contributed by atoms with E-state index in [1.54, 1.807) is 11.6 Å². The zero-order valence-electron chi connectivity index (χ0n) is 17.7. The number of H-pyrrole nitrogens is 1. The lowest BCUT2D eigenvalue weighted by Crippen LogP contribution is -2.31. The molecule has 1 unspecified atom stereocenters. The normalized spacial score (nSPS) is 12.5. The van der Waals surface area contributed by atoms with Crippen LogP contribution in [0.15, 0.2) is 33.9 Å². The molecule has 2 aromatic heterocycles. The second kappa shape index (κ2) is 9.14. The highest BCUT2D eigenvalue weighted by Gasteiger charge is 2.20. The number of likely N-dealkylation sites (N-methyl/N-ethyl adjacent to an activating group) is 1. The molecule has 3 N–H and O–H groups in total. The number of hydrogen-bond acceptors (Lipinski definition) is 7. The first-order valence-corrected chi connectivity index (χ1v) is 9.72. The van der Waals surface area contributed by atoms with E-state index in [0.717, 1.165) is 12.1 Å². The Hall–Kier alpha value is -3.11. The van der Waals surface area contributed by atoms with Crippen LogP contribution < -0.4 is 21.3 Å². The zero-order valence-corrected chi connectivity index (χ0v) is 17.7. The Morgan fingerprint density at radius 3 is 2.73 bits per heavy atom. The third kappa shape index (κ3) is 4.71. The molecule has 30 heavy (non-hydrogen) atoms. The second-order valence-corrected chi connectivity index (χ2v) is 7.50. The van der Waals surface area contributed by atoms with Crippen LogP contribution in [0.5, 0.6) is 5.75 Å². The van der Waals surface area contributed by atoms with Crippen molar-refractivity contribution in [3.8, 4) is 5.75 Å². The van der Waals surface area contributed by atoms with E-state index in [2.05, 4.69) is 15.3 Å². The van der Waals surface area contributed by atoms with E-state index in [0.29, 0.717) is 18.2 Å². The van der Waals surface area contributed by atoms with Gasteiger partial charge in [0.05, 0.1) is 6.54 Å². The molecule has 3 rings (SSSR count). The third-order valence-corrected chi connectivity index (χ3v) is 4.77. The molecule has 0 fully saturated rings. The van der Waals surface area contributed by atoms with Crippen molar-refractivity contribution >= 4 is 17.1 Å². The van der Waals surface area contributed by atoms with Gasteiger partial charge in [-0.05, 0) is 32.6 Å². The molecule has 0 amide bonds. The lowest BCUT2D eigenvalue weighted by Gasteiger charge is -2.17. The first-order chi connectivity index (χ1) is 14.3. The fourth-order valence-corrected chi connectivity index (χ4v) is 3.11. The van der Waals surface area contributed by atoms with Crippen LogP contribution in [0.2, 0.25) is 0 Å². The first kappa shape index (κ1) is 21.6. The summed E-state index contributed by atoms with van der Waals surface area (Å²) in [7, 11) is 5.44. The highest BCUT2D eigenvalue weighted by molar-refractivity contribution is 5.74. The molecule has 0 aliphatic carbocycles. The van der Waals surface area contributed by atoms with Crippen LogP contribution in [0.4, 0.5) is 5.95 Å². The first-order valence-electron chi connectivity index (χ1n) is 9.72. The largest absolute Gasteiger partial charge is 0.491 e. The van der Waals surface area contributed by atoms with E-state index >= 15 is 0 Å². The van der Waals surface area contributed by atoms with Gasteiger partial charge < -0.3 is 24.6 Å². The maximum atomic E-state index is 12.5. The van der Waals surface area contributed by atoms with Gasteiger partial charge in [0.2, 0.25) is 5.95 Å². The molecule has 10 heteroatoms. The number of aliphatic hydroxyl groups is 1. The number of anilines is 1. The summed E-state index contributed by atoms with van der Waals surface area (Å²) in [6.45, 7) is 3.38. The summed E-state index contributed by atoms with van der Waals surface area (Å²) in [5.41, 5.74) is 0.353. The van der Waals surface area contributed by atoms with Gasteiger partial charge in [0, 0.05) is 20.1 Å². The van der Waals surface area contributed by atoms with Crippen molar-refractivity contribution in [3.63, 3.8) is 0 Å². The van der Waals surface area contributed by atoms with Crippen molar-refractivity contribution in [1.82, 2.24) is 24.0 Å². The average Bonchev–Trinajstić information content (AvgIpc) is 3.04. The minimum atomic E-state index is -0.895. The van der Waals surface area contributed by atoms with Crippen LogP contribution in [0.25, 0.3) is 11.2 Å². The Morgan fingerprint density at radius 2 is 2.03 bits per heavy atom. The summed E-state index contributed by atoms with van der Waals surface area (Å²) in [5, 5.41) is 13.8. The van der Waals surface area contributed by atoms with E-state index in [9.17, 15) is 14.7 Å². The molecule has 0 saturated carbocycles. The van der Waals surface area contributed by atoms with E-state index in [1.165, 1.54) is 4.57 Å². The Morgan fingerprint density at radius 1 is 1.30 bits per heavy atom. The quantitative estimate of drug-likeness (QED) is 0.454. The lowest BCUT2D eigenvalue weighted by molar-refractivity contribution is 0.0935. The molecule has 162 valence electrons. The summed E-state index contributed by atoms with van der Waals surface area (Å²) in [6, 6.07) is 7.55. The molecule has 10 nitrogen and oxygen atoms in total. The van der Waals surface area contributed by atoms with E-state index in [-0.39, 0.29) is 24.3 Å². The number of imidazole rings is 1. The fourth-order valence-electron chi connectivity index (χ4n) is 3.11. The number of rotatable bonds is 9. The number of nitrogens with one attached hydrogen (secondary N) is 2. The van der Waals surface area contributed by atoms with Crippen molar-refractivity contribution in [2.75, 3.05) is 39.1 Å². The SMILES string of the molecule is Cc1ccccc1OCC(O)Cn1c(NCCN(C)C)nc2c1c(=O)[nH]c(=O)n2C. The van der Waals surface area contributed by atoms with Crippen LogP contribution in [0.3, 0.4) is 0 Å². The fraction of sp³-hybridized carbons (Fsp3) is 0.450. The van der Waals surface area contributed by atoms with Crippen LogP contribution >= 0.6 is 0 Å². The molecule has 1 aromatic carbocycles. The Kier molecular flexibility index (Phi) is 6.58. The molecule has 0 aliphatic heterocycles. The standard InChI is InChI=1S/C20H28N6O4/c1-13-7-5-6-8-15(13)30-12-14(27)11-26-16-17(25(4)20(29)23-18(16)28)22-19(26)21-9-10-24(2)3/h5-8,14,27H,9-12H2,1-4H3,(H,21,22)(H,23,28,29). The van der Waals surface area contributed by atoms with Crippen molar-refractivity contribution in [1.29, 1.82) is 0 Å². The monoisotopic (exact) mass is 416 g/mol. The van der Waals surface area contributed by atoms with Gasteiger partial charge in [-0.25, -0.2) is 4.79 Å². The molecule has 0 bridgehead atoms. The van der Waals surface area contributed by atoms with E-state index < -0.39 is 17.4 Å². The van der Waals surface area contributed by atoms with Gasteiger partial charge in [0.25, 0.3) is 5.56 Å². The third-order valence-electron chi connectivity index (χ3n) is 4.77. The maximum Gasteiger partial charge on any atom is 0.329 e. The van der Waals surface area contributed by atoms with Crippen LogP contribution in [0.1, 0.15) is 5.56 Å².